The molecule has 7 nitrogen and oxygen atoms in total. The number of rotatable bonds is 8. The number of carboxylic acid groups (broad SMARTS) is 1. The number of carbonyl (C=O) groups is 3. The first-order chi connectivity index (χ1) is 16.9. The molecule has 35 heavy (non-hydrogen) atoms. The number of hydrogen-bond acceptors (Lipinski definition) is 4. The van der Waals surface area contributed by atoms with E-state index in [1.54, 1.807) is 0 Å². The Labute approximate surface area is 205 Å². The third kappa shape index (κ3) is 5.19. The van der Waals surface area contributed by atoms with Gasteiger partial charge in [-0.15, -0.1) is 0 Å². The molecule has 0 aliphatic heterocycles. The van der Waals surface area contributed by atoms with Gasteiger partial charge >= 0.3 is 12.1 Å². The summed E-state index contributed by atoms with van der Waals surface area (Å²) in [6, 6.07) is 16.5. The highest BCUT2D eigenvalue weighted by atomic mass is 16.5. The molecular formula is C28H32N2O5. The monoisotopic (exact) mass is 476 g/mol. The van der Waals surface area contributed by atoms with Crippen molar-refractivity contribution in [3.63, 3.8) is 0 Å². The normalized spacial score (nSPS) is 21.9. The molecule has 7 heteroatoms. The van der Waals surface area contributed by atoms with Gasteiger partial charge in [0.2, 0.25) is 5.91 Å². The summed E-state index contributed by atoms with van der Waals surface area (Å²) in [5.74, 6) is -0.615. The standard InChI is InChI=1S/C28H32N2O5/c31-25(32)15-28(13-14-28)30-26(33)19-11-9-18(10-12-19)16-29-27(34)35-17-24-22-7-3-1-5-20(22)21-6-2-4-8-23(21)24/h1-8,18-19,24H,9-17H2,(H,29,34)(H,30,33)(H,31,32). The summed E-state index contributed by atoms with van der Waals surface area (Å²) < 4.78 is 5.62. The van der Waals surface area contributed by atoms with Crippen LogP contribution in [-0.2, 0) is 14.3 Å². The molecule has 0 aromatic heterocycles. The number of fused-ring (bicyclic) bond motifs is 3. The van der Waals surface area contributed by atoms with Crippen molar-refractivity contribution in [3.05, 3.63) is 59.7 Å². The summed E-state index contributed by atoms with van der Waals surface area (Å²) in [6.45, 7) is 0.832. The van der Waals surface area contributed by atoms with Crippen molar-refractivity contribution in [2.24, 2.45) is 11.8 Å². The lowest BCUT2D eigenvalue weighted by Crippen LogP contribution is -2.43. The third-order valence-electron chi connectivity index (χ3n) is 7.83. The van der Waals surface area contributed by atoms with Gasteiger partial charge in [0.25, 0.3) is 0 Å². The van der Waals surface area contributed by atoms with Crippen molar-refractivity contribution in [2.45, 2.75) is 56.4 Å². The lowest BCUT2D eigenvalue weighted by atomic mass is 9.81. The predicted molar refractivity (Wildman–Crippen MR) is 131 cm³/mol. The Morgan fingerprint density at radius 2 is 1.51 bits per heavy atom. The van der Waals surface area contributed by atoms with Gasteiger partial charge in [0.05, 0.1) is 12.0 Å². The molecular weight excluding hydrogens is 444 g/mol. The lowest BCUT2D eigenvalue weighted by molar-refractivity contribution is -0.138. The zero-order chi connectivity index (χ0) is 24.4. The fourth-order valence-corrected chi connectivity index (χ4v) is 5.66. The number of aliphatic carboxylic acids is 1. The first kappa shape index (κ1) is 23.4. The second-order valence-corrected chi connectivity index (χ2v) is 10.3. The van der Waals surface area contributed by atoms with E-state index < -0.39 is 17.6 Å². The van der Waals surface area contributed by atoms with Gasteiger partial charge in [0.15, 0.2) is 0 Å². The van der Waals surface area contributed by atoms with Crippen molar-refractivity contribution >= 4 is 18.0 Å². The van der Waals surface area contributed by atoms with E-state index in [1.165, 1.54) is 22.3 Å². The molecule has 0 unspecified atom stereocenters. The Bertz CT molecular complexity index is 1070. The highest BCUT2D eigenvalue weighted by Crippen LogP contribution is 2.44. The summed E-state index contributed by atoms with van der Waals surface area (Å²) in [4.78, 5) is 36.1. The predicted octanol–water partition coefficient (Wildman–Crippen LogP) is 4.46. The van der Waals surface area contributed by atoms with E-state index in [4.69, 9.17) is 9.84 Å². The molecule has 3 N–H and O–H groups in total. The smallest absolute Gasteiger partial charge is 0.407 e. The lowest BCUT2D eigenvalue weighted by Gasteiger charge is -2.29. The van der Waals surface area contributed by atoms with E-state index in [0.717, 1.165) is 38.5 Å². The number of carboxylic acids is 1. The molecule has 0 heterocycles. The van der Waals surface area contributed by atoms with Gasteiger partial charge in [0, 0.05) is 18.4 Å². The summed E-state index contributed by atoms with van der Waals surface area (Å²) >= 11 is 0. The highest BCUT2D eigenvalue weighted by molar-refractivity contribution is 5.81. The van der Waals surface area contributed by atoms with Crippen LogP contribution in [0.5, 0.6) is 0 Å². The van der Waals surface area contributed by atoms with E-state index in [1.807, 2.05) is 24.3 Å². The number of nitrogens with one attached hydrogen (secondary N) is 2. The zero-order valence-electron chi connectivity index (χ0n) is 19.8. The Morgan fingerprint density at radius 3 is 2.09 bits per heavy atom. The van der Waals surface area contributed by atoms with Crippen LogP contribution in [0.2, 0.25) is 0 Å². The molecule has 5 rings (SSSR count). The minimum absolute atomic E-state index is 0.00184. The topological polar surface area (TPSA) is 105 Å². The molecule has 3 aliphatic rings. The van der Waals surface area contributed by atoms with Crippen LogP contribution in [-0.4, -0.2) is 41.8 Å². The van der Waals surface area contributed by atoms with Crippen LogP contribution < -0.4 is 10.6 Å². The fraction of sp³-hybridized carbons (Fsp3) is 0.464. The van der Waals surface area contributed by atoms with Gasteiger partial charge in [-0.05, 0) is 66.7 Å². The number of hydrogen-bond donors (Lipinski definition) is 3. The maximum atomic E-state index is 12.6. The van der Waals surface area contributed by atoms with Gasteiger partial charge in [-0.25, -0.2) is 4.79 Å². The van der Waals surface area contributed by atoms with Crippen molar-refractivity contribution < 1.29 is 24.2 Å². The van der Waals surface area contributed by atoms with Crippen LogP contribution in [0.25, 0.3) is 11.1 Å². The molecule has 0 saturated heterocycles. The van der Waals surface area contributed by atoms with Crippen LogP contribution >= 0.6 is 0 Å². The quantitative estimate of drug-likeness (QED) is 0.522. The zero-order valence-corrected chi connectivity index (χ0v) is 19.8. The minimum Gasteiger partial charge on any atom is -0.481 e. The molecule has 0 bridgehead atoms. The van der Waals surface area contributed by atoms with E-state index in [2.05, 4.69) is 34.9 Å². The van der Waals surface area contributed by atoms with Gasteiger partial charge in [-0.1, -0.05) is 48.5 Å². The molecule has 2 amide bonds. The molecule has 2 saturated carbocycles. The maximum Gasteiger partial charge on any atom is 0.407 e. The average molecular weight is 477 g/mol. The average Bonchev–Trinajstić information content (AvgIpc) is 3.53. The number of benzene rings is 2. The van der Waals surface area contributed by atoms with Crippen molar-refractivity contribution in [2.75, 3.05) is 13.2 Å². The molecule has 0 spiro atoms. The minimum atomic E-state index is -0.870. The third-order valence-corrected chi connectivity index (χ3v) is 7.83. The Kier molecular flexibility index (Phi) is 6.50. The van der Waals surface area contributed by atoms with E-state index in [9.17, 15) is 14.4 Å². The molecule has 184 valence electrons. The first-order valence-corrected chi connectivity index (χ1v) is 12.6. The fourth-order valence-electron chi connectivity index (χ4n) is 5.66. The Hall–Kier alpha value is -3.35. The SMILES string of the molecule is O=C(O)CC1(NC(=O)C2CCC(CNC(=O)OCC3c4ccccc4-c4ccccc43)CC2)CC1. The van der Waals surface area contributed by atoms with E-state index in [0.29, 0.717) is 19.1 Å². The molecule has 0 atom stereocenters. The molecule has 3 aliphatic carbocycles. The van der Waals surface area contributed by atoms with Gasteiger partial charge in [-0.3, -0.25) is 9.59 Å². The summed E-state index contributed by atoms with van der Waals surface area (Å²) in [7, 11) is 0. The van der Waals surface area contributed by atoms with Crippen molar-refractivity contribution in [3.8, 4) is 11.1 Å². The number of amides is 2. The Balaban J connectivity index is 1.06. The summed E-state index contributed by atoms with van der Waals surface area (Å²) in [5.41, 5.74) is 4.26. The van der Waals surface area contributed by atoms with Gasteiger partial charge in [0.1, 0.15) is 6.61 Å². The van der Waals surface area contributed by atoms with E-state index in [-0.39, 0.29) is 24.2 Å². The summed E-state index contributed by atoms with van der Waals surface area (Å²) in [5, 5.41) is 14.9. The van der Waals surface area contributed by atoms with Crippen LogP contribution in [0.1, 0.15) is 62.0 Å². The van der Waals surface area contributed by atoms with Crippen LogP contribution in [0.4, 0.5) is 4.79 Å². The highest BCUT2D eigenvalue weighted by Gasteiger charge is 2.46. The molecule has 0 radical (unpaired) electrons. The van der Waals surface area contributed by atoms with Crippen LogP contribution in [0.3, 0.4) is 0 Å². The number of alkyl carbamates (subject to hydrolysis) is 1. The summed E-state index contributed by atoms with van der Waals surface area (Å²) in [6.07, 6.45) is 4.29. The maximum absolute atomic E-state index is 12.6. The molecule has 2 aromatic rings. The molecule has 2 fully saturated rings. The largest absolute Gasteiger partial charge is 0.481 e. The Morgan fingerprint density at radius 1 is 0.914 bits per heavy atom. The second kappa shape index (κ2) is 9.72. The van der Waals surface area contributed by atoms with Crippen LogP contribution in [0.15, 0.2) is 48.5 Å². The van der Waals surface area contributed by atoms with Crippen molar-refractivity contribution in [1.82, 2.24) is 10.6 Å². The van der Waals surface area contributed by atoms with E-state index >= 15 is 0 Å². The van der Waals surface area contributed by atoms with Gasteiger partial charge in [-0.2, -0.15) is 0 Å². The first-order valence-electron chi connectivity index (χ1n) is 12.6. The van der Waals surface area contributed by atoms with Crippen molar-refractivity contribution in [1.29, 1.82) is 0 Å². The van der Waals surface area contributed by atoms with Crippen LogP contribution in [0, 0.1) is 11.8 Å². The second-order valence-electron chi connectivity index (χ2n) is 10.3. The number of carbonyl (C=O) groups excluding carboxylic acids is 2. The van der Waals surface area contributed by atoms with Gasteiger partial charge < -0.3 is 20.5 Å². The molecule has 2 aromatic carbocycles. The number of ether oxygens (including phenoxy) is 1.